The van der Waals surface area contributed by atoms with Crippen molar-refractivity contribution in [1.82, 2.24) is 5.43 Å². The number of ether oxygens (including phenoxy) is 2. The van der Waals surface area contributed by atoms with Gasteiger partial charge in [0.25, 0.3) is 0 Å². The number of benzene rings is 1. The number of halogens is 2. The molecule has 0 aliphatic carbocycles. The number of hydrogen-bond acceptors (Lipinski definition) is 6. The molecule has 1 aromatic carbocycles. The Morgan fingerprint density at radius 1 is 1.42 bits per heavy atom. The monoisotopic (exact) mass is 362 g/mol. The number of methoxy groups -OCH3 is 1. The van der Waals surface area contributed by atoms with E-state index < -0.39 is 28.3 Å². The van der Waals surface area contributed by atoms with Crippen LogP contribution in [0.1, 0.15) is 12.0 Å². The Morgan fingerprint density at radius 2 is 2.17 bits per heavy atom. The van der Waals surface area contributed by atoms with E-state index in [9.17, 15) is 22.0 Å². The highest BCUT2D eigenvalue weighted by Crippen LogP contribution is 2.28. The second-order valence-corrected chi connectivity index (χ2v) is 7.35. The molecule has 0 saturated carbocycles. The number of rotatable bonds is 6. The molecule has 1 heterocycles. The summed E-state index contributed by atoms with van der Waals surface area (Å²) >= 11 is 0. The Kier molecular flexibility index (Phi) is 5.71. The fraction of sp³-hybridized carbons (Fsp3) is 0.429. The first-order valence-corrected chi connectivity index (χ1v) is 8.79. The number of nitrogens with zero attached hydrogens (tertiary/aromatic N) is 1. The SMILES string of the molecule is COc1cc(/C=N\NC(=O)[C@H]2CCS(=O)(=O)C2)ccc1OC(F)F. The summed E-state index contributed by atoms with van der Waals surface area (Å²) in [6.45, 7) is -2.97. The molecule has 7 nitrogen and oxygen atoms in total. The van der Waals surface area contributed by atoms with Crippen LogP contribution in [0.2, 0.25) is 0 Å². The zero-order valence-electron chi connectivity index (χ0n) is 12.7. The Labute approximate surface area is 137 Å². The molecule has 0 aromatic heterocycles. The molecule has 10 heteroatoms. The van der Waals surface area contributed by atoms with Crippen molar-refractivity contribution in [3.05, 3.63) is 23.8 Å². The zero-order chi connectivity index (χ0) is 17.7. The van der Waals surface area contributed by atoms with Crippen molar-refractivity contribution in [3.8, 4) is 11.5 Å². The third kappa shape index (κ3) is 4.88. The summed E-state index contributed by atoms with van der Waals surface area (Å²) in [5, 5.41) is 3.74. The van der Waals surface area contributed by atoms with E-state index in [1.54, 1.807) is 0 Å². The molecule has 0 radical (unpaired) electrons. The number of carbonyl (C=O) groups excluding carboxylic acids is 1. The molecule has 1 saturated heterocycles. The van der Waals surface area contributed by atoms with E-state index >= 15 is 0 Å². The molecule has 1 aliphatic heterocycles. The van der Waals surface area contributed by atoms with Crippen molar-refractivity contribution in [2.75, 3.05) is 18.6 Å². The molecule has 1 amide bonds. The predicted octanol–water partition coefficient (Wildman–Crippen LogP) is 1.18. The molecule has 0 bridgehead atoms. The Balaban J connectivity index is 1.98. The second-order valence-electron chi connectivity index (χ2n) is 5.12. The summed E-state index contributed by atoms with van der Waals surface area (Å²) in [4.78, 5) is 11.8. The van der Waals surface area contributed by atoms with E-state index in [4.69, 9.17) is 4.74 Å². The molecule has 2 rings (SSSR count). The van der Waals surface area contributed by atoms with Crippen LogP contribution in [-0.4, -0.2) is 45.8 Å². The Morgan fingerprint density at radius 3 is 2.75 bits per heavy atom. The van der Waals surface area contributed by atoms with E-state index in [-0.39, 0.29) is 29.4 Å². The van der Waals surface area contributed by atoms with Crippen molar-refractivity contribution in [1.29, 1.82) is 0 Å². The number of hydrogen-bond donors (Lipinski definition) is 1. The Bertz CT molecular complexity index is 737. The van der Waals surface area contributed by atoms with E-state index in [0.29, 0.717) is 5.56 Å². The van der Waals surface area contributed by atoms with Gasteiger partial charge in [0.05, 0.1) is 30.7 Å². The van der Waals surface area contributed by atoms with Crippen molar-refractivity contribution >= 4 is 22.0 Å². The van der Waals surface area contributed by atoms with Crippen LogP contribution >= 0.6 is 0 Å². The number of hydrazone groups is 1. The third-order valence-electron chi connectivity index (χ3n) is 3.40. The molecule has 132 valence electrons. The van der Waals surface area contributed by atoms with Gasteiger partial charge < -0.3 is 9.47 Å². The largest absolute Gasteiger partial charge is 0.493 e. The van der Waals surface area contributed by atoms with Gasteiger partial charge in [0, 0.05) is 0 Å². The van der Waals surface area contributed by atoms with Gasteiger partial charge in [-0.1, -0.05) is 0 Å². The van der Waals surface area contributed by atoms with Gasteiger partial charge in [0.15, 0.2) is 21.3 Å². The standard InChI is InChI=1S/C14H16F2N2O5S/c1-22-12-6-9(2-3-11(12)23-14(15)16)7-17-18-13(19)10-4-5-24(20,21)8-10/h2-3,6-7,10,14H,4-5,8H2,1H3,(H,18,19)/b17-7-/t10-/m0/s1. The summed E-state index contributed by atoms with van der Waals surface area (Å²) in [5.41, 5.74) is 2.75. The fourth-order valence-corrected chi connectivity index (χ4v) is 3.96. The van der Waals surface area contributed by atoms with Crippen molar-refractivity contribution in [2.24, 2.45) is 11.0 Å². The third-order valence-corrected chi connectivity index (χ3v) is 5.16. The Hall–Kier alpha value is -2.23. The molecule has 1 atom stereocenters. The highest BCUT2D eigenvalue weighted by atomic mass is 32.2. The van der Waals surface area contributed by atoms with Crippen LogP contribution < -0.4 is 14.9 Å². The van der Waals surface area contributed by atoms with Crippen LogP contribution in [0.15, 0.2) is 23.3 Å². The normalized spacial score (nSPS) is 19.6. The van der Waals surface area contributed by atoms with Crippen molar-refractivity contribution < 1.29 is 31.5 Å². The minimum atomic E-state index is -3.15. The van der Waals surface area contributed by atoms with Crippen LogP contribution in [0.3, 0.4) is 0 Å². The van der Waals surface area contributed by atoms with Gasteiger partial charge in [-0.25, -0.2) is 13.8 Å². The maximum Gasteiger partial charge on any atom is 0.387 e. The van der Waals surface area contributed by atoms with Gasteiger partial charge in [-0.05, 0) is 30.2 Å². The molecular formula is C14H16F2N2O5S. The molecule has 0 unspecified atom stereocenters. The van der Waals surface area contributed by atoms with Gasteiger partial charge in [0.1, 0.15) is 0 Å². The number of nitrogens with one attached hydrogen (secondary N) is 1. The van der Waals surface area contributed by atoms with Crippen LogP contribution in [0.4, 0.5) is 8.78 Å². The van der Waals surface area contributed by atoms with E-state index in [0.717, 1.165) is 0 Å². The molecular weight excluding hydrogens is 346 g/mol. The van der Waals surface area contributed by atoms with Crippen LogP contribution in [0, 0.1) is 5.92 Å². The van der Waals surface area contributed by atoms with E-state index in [1.165, 1.54) is 31.5 Å². The lowest BCUT2D eigenvalue weighted by Gasteiger charge is -2.10. The highest BCUT2D eigenvalue weighted by molar-refractivity contribution is 7.91. The molecule has 1 aliphatic rings. The molecule has 24 heavy (non-hydrogen) atoms. The maximum atomic E-state index is 12.2. The average molecular weight is 362 g/mol. The average Bonchev–Trinajstić information content (AvgIpc) is 2.88. The maximum absolute atomic E-state index is 12.2. The summed E-state index contributed by atoms with van der Waals surface area (Å²) in [6.07, 6.45) is 1.56. The van der Waals surface area contributed by atoms with Gasteiger partial charge in [-0.2, -0.15) is 13.9 Å². The van der Waals surface area contributed by atoms with Gasteiger partial charge in [-0.3, -0.25) is 4.79 Å². The van der Waals surface area contributed by atoms with E-state index in [1.807, 2.05) is 0 Å². The molecule has 1 N–H and O–H groups in total. The quantitative estimate of drug-likeness (QED) is 0.606. The first-order valence-electron chi connectivity index (χ1n) is 6.97. The summed E-state index contributed by atoms with van der Waals surface area (Å²) in [5.74, 6) is -1.29. The first-order chi connectivity index (χ1) is 11.3. The minimum absolute atomic E-state index is 0.00238. The fourth-order valence-electron chi connectivity index (χ4n) is 2.22. The summed E-state index contributed by atoms with van der Waals surface area (Å²) < 4.78 is 56.4. The predicted molar refractivity (Wildman–Crippen MR) is 82.1 cm³/mol. The lowest BCUT2D eigenvalue weighted by molar-refractivity contribution is -0.124. The van der Waals surface area contributed by atoms with Gasteiger partial charge >= 0.3 is 6.61 Å². The molecule has 1 fully saturated rings. The number of alkyl halides is 2. The van der Waals surface area contributed by atoms with Crippen LogP contribution in [0.5, 0.6) is 11.5 Å². The van der Waals surface area contributed by atoms with Gasteiger partial charge in [-0.15, -0.1) is 0 Å². The van der Waals surface area contributed by atoms with Crippen LogP contribution in [0.25, 0.3) is 0 Å². The van der Waals surface area contributed by atoms with Crippen molar-refractivity contribution in [3.63, 3.8) is 0 Å². The number of carbonyl (C=O) groups is 1. The summed E-state index contributed by atoms with van der Waals surface area (Å²) in [6, 6.07) is 4.15. The highest BCUT2D eigenvalue weighted by Gasteiger charge is 2.32. The van der Waals surface area contributed by atoms with Crippen molar-refractivity contribution in [2.45, 2.75) is 13.0 Å². The lowest BCUT2D eigenvalue weighted by Crippen LogP contribution is -2.27. The minimum Gasteiger partial charge on any atom is -0.493 e. The lowest BCUT2D eigenvalue weighted by atomic mass is 10.1. The number of sulfone groups is 1. The van der Waals surface area contributed by atoms with E-state index in [2.05, 4.69) is 15.3 Å². The smallest absolute Gasteiger partial charge is 0.387 e. The topological polar surface area (TPSA) is 94.1 Å². The first kappa shape index (κ1) is 18.1. The zero-order valence-corrected chi connectivity index (χ0v) is 13.6. The molecule has 1 aromatic rings. The molecule has 0 spiro atoms. The van der Waals surface area contributed by atoms with Crippen LogP contribution in [-0.2, 0) is 14.6 Å². The number of amides is 1. The van der Waals surface area contributed by atoms with Gasteiger partial charge in [0.2, 0.25) is 5.91 Å². The second kappa shape index (κ2) is 7.56. The summed E-state index contributed by atoms with van der Waals surface area (Å²) in [7, 11) is -1.84.